The molecule has 0 amide bonds. The molecule has 0 bridgehead atoms. The molecule has 0 spiro atoms. The summed E-state index contributed by atoms with van der Waals surface area (Å²) in [6.45, 7) is 0. The number of Topliss-reactive ketones (excluding diaryl/α,β-unsaturated/α-hetero) is 2. The molecule has 1 aromatic heterocycles. The van der Waals surface area contributed by atoms with E-state index in [0.717, 1.165) is 11.3 Å². The summed E-state index contributed by atoms with van der Waals surface area (Å²) < 4.78 is 35.3. The molecule has 78 valence electrons. The number of thiophene rings is 1. The van der Waals surface area contributed by atoms with Gasteiger partial charge in [-0.05, 0) is 11.4 Å². The summed E-state index contributed by atoms with van der Waals surface area (Å²) >= 11 is 1.01. The van der Waals surface area contributed by atoms with Crippen LogP contribution in [0.15, 0.2) is 17.5 Å². The molecule has 0 saturated heterocycles. The van der Waals surface area contributed by atoms with Crippen LogP contribution in [0, 0.1) is 0 Å². The standard InChI is InChI=1S/C8H5F3O2S.K.H/c9-8(10,11)7(13)4-5(12)6-2-1-3-14-6;;/h1-3H,4H2;;/q;+1;-1. The van der Waals surface area contributed by atoms with Gasteiger partial charge >= 0.3 is 57.6 Å². The normalized spacial score (nSPS) is 10.6. The molecule has 0 N–H and O–H groups in total. The molecule has 0 aliphatic heterocycles. The molecule has 7 heteroatoms. The number of carbonyl (C=O) groups excluding carboxylic acids is 2. The van der Waals surface area contributed by atoms with Crippen molar-refractivity contribution in [3.05, 3.63) is 22.4 Å². The van der Waals surface area contributed by atoms with E-state index < -0.39 is 24.2 Å². The van der Waals surface area contributed by atoms with Crippen LogP contribution in [0.1, 0.15) is 17.5 Å². The Morgan fingerprint density at radius 2 is 2.00 bits per heavy atom. The SMILES string of the molecule is O=C(CC(=O)C(F)(F)F)c1cccs1.[H-].[K+]. The van der Waals surface area contributed by atoms with Crippen LogP contribution in [0.25, 0.3) is 0 Å². The fraction of sp³-hybridized carbons (Fsp3) is 0.250. The van der Waals surface area contributed by atoms with Gasteiger partial charge in [-0.2, -0.15) is 13.2 Å². The molecular formula is C8H6F3KO2S. The molecule has 0 aromatic carbocycles. The third-order valence-corrected chi connectivity index (χ3v) is 2.34. The van der Waals surface area contributed by atoms with E-state index in [1.807, 2.05) is 0 Å². The molecule has 0 aliphatic rings. The number of rotatable bonds is 3. The van der Waals surface area contributed by atoms with Gasteiger partial charge in [0.1, 0.15) is 0 Å². The molecule has 1 heterocycles. The van der Waals surface area contributed by atoms with E-state index in [4.69, 9.17) is 0 Å². The first-order valence-corrected chi connectivity index (χ1v) is 4.46. The molecule has 0 atom stereocenters. The molecule has 2 nitrogen and oxygen atoms in total. The van der Waals surface area contributed by atoms with Gasteiger partial charge < -0.3 is 1.43 Å². The van der Waals surface area contributed by atoms with Gasteiger partial charge in [0.2, 0.25) is 5.78 Å². The van der Waals surface area contributed by atoms with E-state index in [0.29, 0.717) is 0 Å². The average Bonchev–Trinajstić information content (AvgIpc) is 2.53. The maximum Gasteiger partial charge on any atom is 1.00 e. The summed E-state index contributed by atoms with van der Waals surface area (Å²) in [5.74, 6) is -2.79. The monoisotopic (exact) mass is 262 g/mol. The van der Waals surface area contributed by atoms with Crippen molar-refractivity contribution < 1.29 is 75.6 Å². The van der Waals surface area contributed by atoms with Gasteiger partial charge in [0.05, 0.1) is 11.3 Å². The van der Waals surface area contributed by atoms with E-state index in [1.54, 1.807) is 5.38 Å². The average molecular weight is 262 g/mol. The van der Waals surface area contributed by atoms with Crippen LogP contribution < -0.4 is 51.4 Å². The Kier molecular flexibility index (Phi) is 6.46. The molecule has 1 rings (SSSR count). The van der Waals surface area contributed by atoms with Crippen LogP contribution >= 0.6 is 11.3 Å². The first kappa shape index (κ1) is 15.5. The zero-order valence-electron chi connectivity index (χ0n) is 8.80. The quantitative estimate of drug-likeness (QED) is 0.421. The Morgan fingerprint density at radius 1 is 1.40 bits per heavy atom. The van der Waals surface area contributed by atoms with E-state index in [1.165, 1.54) is 12.1 Å². The molecule has 0 unspecified atom stereocenters. The number of hydrogen-bond acceptors (Lipinski definition) is 3. The Labute approximate surface area is 132 Å². The predicted octanol–water partition coefficient (Wildman–Crippen LogP) is -0.431. The summed E-state index contributed by atoms with van der Waals surface area (Å²) in [6, 6.07) is 2.92. The van der Waals surface area contributed by atoms with Crippen molar-refractivity contribution in [1.29, 1.82) is 0 Å². The summed E-state index contributed by atoms with van der Waals surface area (Å²) in [6.07, 6.45) is -6.03. The second-order valence-corrected chi connectivity index (χ2v) is 3.45. The van der Waals surface area contributed by atoms with Crippen molar-refractivity contribution in [2.24, 2.45) is 0 Å². The first-order valence-electron chi connectivity index (χ1n) is 3.58. The van der Waals surface area contributed by atoms with Crippen LogP contribution in [0.2, 0.25) is 0 Å². The molecule has 0 aliphatic carbocycles. The predicted molar refractivity (Wildman–Crippen MR) is 45.4 cm³/mol. The molecule has 0 saturated carbocycles. The van der Waals surface area contributed by atoms with Crippen molar-refractivity contribution in [1.82, 2.24) is 0 Å². The summed E-state index contributed by atoms with van der Waals surface area (Å²) in [5.41, 5.74) is 0. The Bertz CT molecular complexity index is 351. The van der Waals surface area contributed by atoms with Crippen molar-refractivity contribution in [3.8, 4) is 0 Å². The van der Waals surface area contributed by atoms with Crippen LogP contribution in [0.4, 0.5) is 13.2 Å². The minimum absolute atomic E-state index is 0. The molecule has 15 heavy (non-hydrogen) atoms. The minimum atomic E-state index is -4.92. The fourth-order valence-electron chi connectivity index (χ4n) is 0.770. The summed E-state index contributed by atoms with van der Waals surface area (Å²) in [4.78, 5) is 21.7. The van der Waals surface area contributed by atoms with Crippen LogP contribution in [-0.2, 0) is 4.79 Å². The van der Waals surface area contributed by atoms with Gasteiger partial charge in [-0.25, -0.2) is 0 Å². The van der Waals surface area contributed by atoms with Gasteiger partial charge in [0, 0.05) is 0 Å². The van der Waals surface area contributed by atoms with E-state index >= 15 is 0 Å². The number of halogens is 3. The van der Waals surface area contributed by atoms with E-state index in [2.05, 4.69) is 0 Å². The third kappa shape index (κ3) is 4.88. The summed E-state index contributed by atoms with van der Waals surface area (Å²) in [5, 5.41) is 1.56. The van der Waals surface area contributed by atoms with Gasteiger partial charge in [0.15, 0.2) is 5.78 Å². The number of carbonyl (C=O) groups is 2. The second kappa shape index (κ2) is 6.26. The van der Waals surface area contributed by atoms with Gasteiger partial charge in [-0.15, -0.1) is 11.3 Å². The molecule has 0 radical (unpaired) electrons. The van der Waals surface area contributed by atoms with Gasteiger partial charge in [-0.1, -0.05) is 6.07 Å². The zero-order chi connectivity index (χ0) is 10.8. The topological polar surface area (TPSA) is 34.1 Å². The number of hydrogen-bond donors (Lipinski definition) is 0. The third-order valence-electron chi connectivity index (χ3n) is 1.43. The van der Waals surface area contributed by atoms with Crippen molar-refractivity contribution in [2.75, 3.05) is 0 Å². The van der Waals surface area contributed by atoms with Crippen molar-refractivity contribution in [2.45, 2.75) is 12.6 Å². The van der Waals surface area contributed by atoms with Crippen molar-refractivity contribution >= 4 is 22.9 Å². The fourth-order valence-corrected chi connectivity index (χ4v) is 1.43. The zero-order valence-corrected chi connectivity index (χ0v) is 11.7. The molecule has 1 aromatic rings. The Morgan fingerprint density at radius 3 is 2.40 bits per heavy atom. The molecular weight excluding hydrogens is 256 g/mol. The summed E-state index contributed by atoms with van der Waals surface area (Å²) in [7, 11) is 0. The van der Waals surface area contributed by atoms with E-state index in [-0.39, 0.29) is 57.7 Å². The van der Waals surface area contributed by atoms with Gasteiger partial charge in [-0.3, -0.25) is 9.59 Å². The number of alkyl halides is 3. The number of ketones is 2. The minimum Gasteiger partial charge on any atom is -1.00 e. The van der Waals surface area contributed by atoms with Crippen molar-refractivity contribution in [3.63, 3.8) is 0 Å². The van der Waals surface area contributed by atoms with Crippen LogP contribution in [0.5, 0.6) is 0 Å². The first-order chi connectivity index (χ1) is 6.41. The largest absolute Gasteiger partial charge is 1.00 e. The maximum atomic E-state index is 11.8. The second-order valence-electron chi connectivity index (χ2n) is 2.50. The van der Waals surface area contributed by atoms with E-state index in [9.17, 15) is 22.8 Å². The smallest absolute Gasteiger partial charge is 1.00 e. The van der Waals surface area contributed by atoms with Crippen LogP contribution in [-0.4, -0.2) is 17.7 Å². The molecule has 0 fully saturated rings. The Hall–Kier alpha value is 0.466. The Balaban J connectivity index is 0. The maximum absolute atomic E-state index is 11.8. The van der Waals surface area contributed by atoms with Crippen LogP contribution in [0.3, 0.4) is 0 Å². The van der Waals surface area contributed by atoms with Gasteiger partial charge in [0.25, 0.3) is 0 Å².